The molecule has 2 nitrogen and oxygen atoms in total. The van der Waals surface area contributed by atoms with Crippen molar-refractivity contribution in [3.8, 4) is 16.9 Å². The number of fused-ring (bicyclic) bond motifs is 6. The van der Waals surface area contributed by atoms with Crippen LogP contribution in [0.25, 0.3) is 33.1 Å². The van der Waals surface area contributed by atoms with Crippen molar-refractivity contribution in [3.63, 3.8) is 0 Å². The second-order valence-corrected chi connectivity index (χ2v) is 6.56. The molecule has 2 heterocycles. The molecular weight excluding hydrogens is 387 g/mol. The van der Waals surface area contributed by atoms with Crippen LogP contribution in [0.3, 0.4) is 0 Å². The molecule has 1 aliphatic heterocycles. The largest absolute Gasteiger partial charge is 0.488 e. The third kappa shape index (κ3) is 1.60. The van der Waals surface area contributed by atoms with E-state index < -0.39 is 0 Å². The summed E-state index contributed by atoms with van der Waals surface area (Å²) in [5, 5.41) is 2.35. The number of benzene rings is 3. The second-order valence-electron chi connectivity index (χ2n) is 5.48. The highest BCUT2D eigenvalue weighted by Crippen LogP contribution is 2.43. The van der Waals surface area contributed by atoms with Crippen molar-refractivity contribution in [1.29, 1.82) is 0 Å². The first-order valence-electron chi connectivity index (χ1n) is 7.18. The van der Waals surface area contributed by atoms with Gasteiger partial charge in [0, 0.05) is 21.9 Å². The highest BCUT2D eigenvalue weighted by atomic mass is 127. The van der Waals surface area contributed by atoms with Crippen molar-refractivity contribution in [2.24, 2.45) is 0 Å². The van der Waals surface area contributed by atoms with Crippen LogP contribution >= 0.6 is 22.6 Å². The minimum absolute atomic E-state index is 0.595. The Kier molecular flexibility index (Phi) is 2.56. The van der Waals surface area contributed by atoms with Gasteiger partial charge in [-0.1, -0.05) is 36.4 Å². The van der Waals surface area contributed by atoms with Crippen LogP contribution in [0, 0.1) is 3.57 Å². The monoisotopic (exact) mass is 398 g/mol. The fraction of sp³-hybridized carbons (Fsp3) is 0.0526. The van der Waals surface area contributed by atoms with Gasteiger partial charge in [-0.15, -0.1) is 0 Å². The molecule has 0 fully saturated rings. The van der Waals surface area contributed by atoms with E-state index in [2.05, 4.69) is 52.9 Å². The maximum atomic E-state index is 6.07. The smallest absolute Gasteiger partial charge is 0.149 e. The molecule has 22 heavy (non-hydrogen) atoms. The normalized spacial score (nSPS) is 13.0. The van der Waals surface area contributed by atoms with E-state index in [-0.39, 0.29) is 0 Å². The zero-order chi connectivity index (χ0) is 14.7. The minimum Gasteiger partial charge on any atom is -0.488 e. The topological polar surface area (TPSA) is 22.4 Å². The van der Waals surface area contributed by atoms with E-state index in [0.717, 1.165) is 26.0 Å². The van der Waals surface area contributed by atoms with Crippen LogP contribution < -0.4 is 4.74 Å². The van der Waals surface area contributed by atoms with Gasteiger partial charge in [0.05, 0.1) is 3.57 Å². The summed E-state index contributed by atoms with van der Waals surface area (Å²) in [6.45, 7) is 0.595. The molecule has 0 atom stereocenters. The quantitative estimate of drug-likeness (QED) is 0.352. The molecule has 4 aromatic rings. The molecule has 0 radical (unpaired) electrons. The van der Waals surface area contributed by atoms with Gasteiger partial charge in [-0.25, -0.2) is 0 Å². The maximum absolute atomic E-state index is 6.07. The van der Waals surface area contributed by atoms with E-state index in [0.29, 0.717) is 6.61 Å². The Labute approximate surface area is 140 Å². The summed E-state index contributed by atoms with van der Waals surface area (Å²) in [4.78, 5) is 0. The van der Waals surface area contributed by atoms with Gasteiger partial charge < -0.3 is 9.15 Å². The number of halogens is 1. The Morgan fingerprint density at radius 2 is 1.68 bits per heavy atom. The third-order valence-electron chi connectivity index (χ3n) is 4.26. The SMILES string of the molecule is Ic1c2c(cc3c1oc1ccccc13)-c1ccccc1OC2. The summed E-state index contributed by atoms with van der Waals surface area (Å²) in [5.74, 6) is 0.956. The molecule has 0 amide bonds. The Morgan fingerprint density at radius 3 is 2.64 bits per heavy atom. The molecule has 3 heteroatoms. The van der Waals surface area contributed by atoms with E-state index in [1.165, 1.54) is 21.9 Å². The molecule has 0 saturated carbocycles. The first kappa shape index (κ1) is 12.5. The number of hydrogen-bond acceptors (Lipinski definition) is 2. The zero-order valence-corrected chi connectivity index (χ0v) is 13.8. The van der Waals surface area contributed by atoms with Crippen LogP contribution in [0.5, 0.6) is 5.75 Å². The fourth-order valence-electron chi connectivity index (χ4n) is 3.20. The van der Waals surface area contributed by atoms with Crippen LogP contribution in [0.15, 0.2) is 59.0 Å². The number of hydrogen-bond donors (Lipinski definition) is 0. The molecule has 0 spiro atoms. The van der Waals surface area contributed by atoms with E-state index in [9.17, 15) is 0 Å². The Bertz CT molecular complexity index is 1050. The third-order valence-corrected chi connectivity index (χ3v) is 5.40. The summed E-state index contributed by atoms with van der Waals surface area (Å²) in [7, 11) is 0. The Morgan fingerprint density at radius 1 is 0.864 bits per heavy atom. The highest BCUT2D eigenvalue weighted by molar-refractivity contribution is 14.1. The first-order chi connectivity index (χ1) is 10.8. The summed E-state index contributed by atoms with van der Waals surface area (Å²) in [5.41, 5.74) is 5.53. The molecule has 106 valence electrons. The van der Waals surface area contributed by atoms with Gasteiger partial charge in [0.15, 0.2) is 0 Å². The lowest BCUT2D eigenvalue weighted by Crippen LogP contribution is -2.07. The molecule has 1 aliphatic rings. The molecule has 0 bridgehead atoms. The van der Waals surface area contributed by atoms with Crippen molar-refractivity contribution < 1.29 is 9.15 Å². The van der Waals surface area contributed by atoms with Crippen LogP contribution in [-0.4, -0.2) is 0 Å². The van der Waals surface area contributed by atoms with Gasteiger partial charge in [-0.3, -0.25) is 0 Å². The molecule has 0 unspecified atom stereocenters. The van der Waals surface area contributed by atoms with E-state index >= 15 is 0 Å². The van der Waals surface area contributed by atoms with Crippen LogP contribution in [0.2, 0.25) is 0 Å². The number of para-hydroxylation sites is 2. The lowest BCUT2D eigenvalue weighted by Gasteiger charge is -2.21. The van der Waals surface area contributed by atoms with Gasteiger partial charge in [-0.05, 0) is 46.4 Å². The predicted octanol–water partition coefficient (Wildman–Crippen LogP) is 5.75. The molecule has 3 aromatic carbocycles. The van der Waals surface area contributed by atoms with E-state index in [4.69, 9.17) is 9.15 Å². The zero-order valence-electron chi connectivity index (χ0n) is 11.6. The van der Waals surface area contributed by atoms with Crippen LogP contribution in [0.4, 0.5) is 0 Å². The van der Waals surface area contributed by atoms with Crippen molar-refractivity contribution in [2.75, 3.05) is 0 Å². The van der Waals surface area contributed by atoms with Crippen molar-refractivity contribution in [3.05, 3.63) is 63.7 Å². The summed E-state index contributed by atoms with van der Waals surface area (Å²) < 4.78 is 13.1. The maximum Gasteiger partial charge on any atom is 0.149 e. The molecule has 0 N–H and O–H groups in total. The highest BCUT2D eigenvalue weighted by Gasteiger charge is 2.23. The van der Waals surface area contributed by atoms with Crippen molar-refractivity contribution >= 4 is 44.5 Å². The Balaban J connectivity index is 1.95. The average molecular weight is 398 g/mol. The van der Waals surface area contributed by atoms with Gasteiger partial charge in [-0.2, -0.15) is 0 Å². The summed E-state index contributed by atoms with van der Waals surface area (Å²) in [6, 6.07) is 18.7. The second kappa shape index (κ2) is 4.49. The first-order valence-corrected chi connectivity index (χ1v) is 8.25. The average Bonchev–Trinajstić information content (AvgIpc) is 2.94. The van der Waals surface area contributed by atoms with Gasteiger partial charge in [0.25, 0.3) is 0 Å². The minimum atomic E-state index is 0.595. The molecule has 0 aliphatic carbocycles. The predicted molar refractivity (Wildman–Crippen MR) is 96.2 cm³/mol. The van der Waals surface area contributed by atoms with E-state index in [1.54, 1.807) is 0 Å². The number of rotatable bonds is 0. The van der Waals surface area contributed by atoms with Crippen molar-refractivity contribution in [2.45, 2.75) is 6.61 Å². The number of ether oxygens (including phenoxy) is 1. The van der Waals surface area contributed by atoms with Crippen LogP contribution in [0.1, 0.15) is 5.56 Å². The van der Waals surface area contributed by atoms with Gasteiger partial charge >= 0.3 is 0 Å². The fourth-order valence-corrected chi connectivity index (χ4v) is 4.05. The molecule has 0 saturated heterocycles. The van der Waals surface area contributed by atoms with E-state index in [1.807, 2.05) is 24.3 Å². The summed E-state index contributed by atoms with van der Waals surface area (Å²) in [6.07, 6.45) is 0. The molecule has 5 rings (SSSR count). The standard InChI is InChI=1S/C19H11IO2/c20-18-15-10-21-16-7-3-1-5-11(16)13(15)9-14-12-6-2-4-8-17(12)22-19(14)18/h1-9H,10H2. The Hall–Kier alpha value is -2.01. The summed E-state index contributed by atoms with van der Waals surface area (Å²) >= 11 is 2.38. The molecule has 1 aromatic heterocycles. The van der Waals surface area contributed by atoms with Crippen molar-refractivity contribution in [1.82, 2.24) is 0 Å². The lowest BCUT2D eigenvalue weighted by molar-refractivity contribution is 0.301. The molecular formula is C19H11IO2. The lowest BCUT2D eigenvalue weighted by atomic mass is 9.95. The van der Waals surface area contributed by atoms with Gasteiger partial charge in [0.2, 0.25) is 0 Å². The van der Waals surface area contributed by atoms with Crippen LogP contribution in [-0.2, 0) is 6.61 Å². The number of furan rings is 1. The van der Waals surface area contributed by atoms with Gasteiger partial charge in [0.1, 0.15) is 23.5 Å².